The Morgan fingerprint density at radius 3 is 1.56 bits per heavy atom. The zero-order valence-electron chi connectivity index (χ0n) is 39.6. The van der Waals surface area contributed by atoms with Crippen LogP contribution < -0.4 is 16.1 Å². The van der Waals surface area contributed by atoms with E-state index in [1.807, 2.05) is 74.5 Å². The molecule has 0 aliphatic heterocycles. The number of nitrogens with one attached hydrogen (secondary N) is 2. The first-order valence-corrected chi connectivity index (χ1v) is 22.5. The van der Waals surface area contributed by atoms with Crippen LogP contribution in [0.15, 0.2) is 137 Å². The summed E-state index contributed by atoms with van der Waals surface area (Å²) in [6, 6.07) is 33.0. The van der Waals surface area contributed by atoms with E-state index in [9.17, 15) is 18.8 Å². The number of halogens is 1. The minimum atomic E-state index is -0.396. The number of carbonyl (C=O) groups is 2. The first-order chi connectivity index (χ1) is 34.2. The van der Waals surface area contributed by atoms with E-state index in [0.29, 0.717) is 48.1 Å². The molecule has 0 radical (unpaired) electrons. The predicted molar refractivity (Wildman–Crippen MR) is 264 cm³/mol. The number of carbonyl (C=O) groups excluding carboxylic acids is 2. The van der Waals surface area contributed by atoms with Gasteiger partial charge < -0.3 is 4.42 Å². The van der Waals surface area contributed by atoms with Crippen molar-refractivity contribution in [3.8, 4) is 11.6 Å². The highest BCUT2D eigenvalue weighted by Crippen LogP contribution is 2.18. The first-order valence-electron chi connectivity index (χ1n) is 22.5. The summed E-state index contributed by atoms with van der Waals surface area (Å²) in [6.45, 7) is 4.05. The van der Waals surface area contributed by atoms with Gasteiger partial charge in [0, 0.05) is 52.6 Å². The molecule has 0 spiro atoms. The Hall–Kier alpha value is -9.06. The molecule has 18 heteroatoms. The van der Waals surface area contributed by atoms with E-state index < -0.39 is 5.43 Å². The van der Waals surface area contributed by atoms with E-state index >= 15 is 0 Å². The monoisotopic (exact) mass is 949 g/mol. The van der Waals surface area contributed by atoms with Crippen LogP contribution >= 0.6 is 0 Å². The number of ketones is 2. The number of rotatable bonds is 11. The summed E-state index contributed by atoms with van der Waals surface area (Å²) in [7, 11) is 5.24. The molecule has 0 atom stereocenters. The summed E-state index contributed by atoms with van der Waals surface area (Å²) in [4.78, 5) is 49.8. The van der Waals surface area contributed by atoms with Crippen molar-refractivity contribution in [2.45, 2.75) is 46.0 Å². The molecule has 10 rings (SSSR count). The fourth-order valence-corrected chi connectivity index (χ4v) is 7.61. The van der Waals surface area contributed by atoms with Crippen LogP contribution in [0.1, 0.15) is 67.5 Å². The number of pyridine rings is 3. The third kappa shape index (κ3) is 11.3. The van der Waals surface area contributed by atoms with Crippen molar-refractivity contribution in [1.29, 1.82) is 10.8 Å². The molecule has 0 amide bonds. The number of nitrogens with zero attached hydrogens (tertiary/aromatic N) is 11. The van der Waals surface area contributed by atoms with Crippen molar-refractivity contribution in [2.24, 2.45) is 21.1 Å². The number of benzene rings is 3. The maximum atomic E-state index is 13.0. The van der Waals surface area contributed by atoms with Gasteiger partial charge in [-0.25, -0.2) is 4.39 Å². The molecule has 17 nitrogen and oxygen atoms in total. The molecule has 0 unspecified atom stereocenters. The lowest BCUT2D eigenvalue weighted by molar-refractivity contribution is 0.0967. The third-order valence-corrected chi connectivity index (χ3v) is 11.5. The molecule has 0 saturated heterocycles. The lowest BCUT2D eigenvalue weighted by Gasteiger charge is -2.08. The Morgan fingerprint density at radius 1 is 0.563 bits per heavy atom. The molecule has 0 bridgehead atoms. The second-order valence-electron chi connectivity index (χ2n) is 16.7. The van der Waals surface area contributed by atoms with Crippen LogP contribution in [0.25, 0.3) is 44.7 Å². The molecular formula is C53H48FN13O4. The molecule has 10 aromatic rings. The van der Waals surface area contributed by atoms with Crippen LogP contribution in [0.2, 0.25) is 0 Å². The largest absolute Gasteiger partial charge is 0.419 e. The normalized spacial score (nSPS) is 11.0. The Bertz CT molecular complexity index is 3600. The van der Waals surface area contributed by atoms with Gasteiger partial charge in [-0.05, 0) is 91.9 Å². The summed E-state index contributed by atoms with van der Waals surface area (Å²) in [5, 5.41) is 37.5. The molecule has 7 aromatic heterocycles. The fourth-order valence-electron chi connectivity index (χ4n) is 7.61. The standard InChI is InChI=1S/C18H18N4O.C18H17N3O2.C17H13FN6O/c1-12-5-7-13(8-6-12)9-10-15(23)18-16(19)17-14(22(2)21-18)4-3-11-20-17;1-12-5-7-13(8-6-12)9-10-15(22)17-18(23)16-14(21(2)20-17)4-3-11-19-16;1-24-12-3-2-8-20-15(12)14(19)16(23-24)17-22-21-13(25-17)9-10-4-6-11(18)7-5-10/h3-8,11,19H,9-10H2,1-2H3;3-8,11H,9-10H2,1-2H3;2-8,19H,9H2,1H3. The molecule has 0 saturated carbocycles. The van der Waals surface area contributed by atoms with Gasteiger partial charge in [0.15, 0.2) is 28.6 Å². The number of hydrogen-bond donors (Lipinski definition) is 2. The van der Waals surface area contributed by atoms with Crippen molar-refractivity contribution in [3.05, 3.63) is 200 Å². The predicted octanol–water partition coefficient (Wildman–Crippen LogP) is 7.25. The third-order valence-electron chi connectivity index (χ3n) is 11.5. The van der Waals surface area contributed by atoms with Gasteiger partial charge in [-0.2, -0.15) is 15.3 Å². The summed E-state index contributed by atoms with van der Waals surface area (Å²) in [6.07, 6.45) is 6.99. The number of aromatic nitrogens is 11. The molecular weight excluding hydrogens is 902 g/mol. The first kappa shape index (κ1) is 48.4. The van der Waals surface area contributed by atoms with Gasteiger partial charge in [-0.3, -0.25) is 54.2 Å². The van der Waals surface area contributed by atoms with Crippen molar-refractivity contribution in [3.63, 3.8) is 0 Å². The van der Waals surface area contributed by atoms with Crippen LogP contribution in [0.5, 0.6) is 0 Å². The Morgan fingerprint density at radius 2 is 1.01 bits per heavy atom. The van der Waals surface area contributed by atoms with Gasteiger partial charge in [0.05, 0.1) is 23.0 Å². The Labute approximate surface area is 405 Å². The van der Waals surface area contributed by atoms with Crippen LogP contribution in [-0.2, 0) is 40.4 Å². The highest BCUT2D eigenvalue weighted by molar-refractivity contribution is 5.97. The summed E-state index contributed by atoms with van der Waals surface area (Å²) >= 11 is 0. The van der Waals surface area contributed by atoms with Crippen molar-refractivity contribution < 1.29 is 18.4 Å². The zero-order chi connectivity index (χ0) is 50.2. The zero-order valence-corrected chi connectivity index (χ0v) is 39.6. The van der Waals surface area contributed by atoms with Crippen molar-refractivity contribution in [1.82, 2.24) is 54.5 Å². The van der Waals surface area contributed by atoms with Crippen molar-refractivity contribution >= 4 is 44.7 Å². The molecule has 3 aromatic carbocycles. The summed E-state index contributed by atoms with van der Waals surface area (Å²) in [5.41, 5.74) is 8.82. The molecule has 7 heterocycles. The van der Waals surface area contributed by atoms with Gasteiger partial charge in [0.2, 0.25) is 11.3 Å². The molecule has 2 N–H and O–H groups in total. The second kappa shape index (κ2) is 21.5. The van der Waals surface area contributed by atoms with Gasteiger partial charge in [0.1, 0.15) is 33.1 Å². The Balaban J connectivity index is 0.000000143. The lowest BCUT2D eigenvalue weighted by atomic mass is 10.0. The van der Waals surface area contributed by atoms with Gasteiger partial charge in [-0.15, -0.1) is 10.2 Å². The van der Waals surface area contributed by atoms with Gasteiger partial charge >= 0.3 is 0 Å². The molecule has 0 aliphatic carbocycles. The van der Waals surface area contributed by atoms with E-state index in [1.54, 1.807) is 85.5 Å². The van der Waals surface area contributed by atoms with Gasteiger partial charge in [-0.1, -0.05) is 71.8 Å². The molecule has 0 fully saturated rings. The number of aryl methyl sites for hydroxylation is 7. The summed E-state index contributed by atoms with van der Waals surface area (Å²) < 4.78 is 23.4. The average molecular weight is 950 g/mol. The highest BCUT2D eigenvalue weighted by atomic mass is 19.1. The highest BCUT2D eigenvalue weighted by Gasteiger charge is 2.19. The maximum Gasteiger partial charge on any atom is 0.270 e. The quantitative estimate of drug-likeness (QED) is 0.122. The number of fused-ring (bicyclic) bond motifs is 3. The van der Waals surface area contributed by atoms with E-state index in [-0.39, 0.29) is 63.0 Å². The topological polar surface area (TPSA) is 230 Å². The van der Waals surface area contributed by atoms with Crippen LogP contribution in [-0.4, -0.2) is 66.1 Å². The minimum Gasteiger partial charge on any atom is -0.419 e. The average Bonchev–Trinajstić information content (AvgIpc) is 3.86. The SMILES string of the molecule is Cc1ccc(CCC(=O)c2nn(C)c3cccnc3c2=N)cc1.Cc1ccc(CCC(=O)c2nn(C)c3cccnc3c2=O)cc1.Cn1nc(-c2nnc(Cc3ccc(F)cc3)o2)c(=N)c2ncccc21. The van der Waals surface area contributed by atoms with E-state index in [1.165, 1.54) is 27.9 Å². The van der Waals surface area contributed by atoms with E-state index in [0.717, 1.165) is 27.7 Å². The number of Topliss-reactive ketones (excluding diaryl/α,β-unsaturated/α-hetero) is 2. The minimum absolute atomic E-state index is 0.0363. The van der Waals surface area contributed by atoms with Crippen molar-refractivity contribution in [2.75, 3.05) is 0 Å². The fraction of sp³-hybridized carbons (Fsp3) is 0.189. The lowest BCUT2D eigenvalue weighted by Crippen LogP contribution is -2.23. The Kier molecular flexibility index (Phi) is 14.6. The summed E-state index contributed by atoms with van der Waals surface area (Å²) in [5.74, 6) is -0.150. The molecule has 71 heavy (non-hydrogen) atoms. The second-order valence-corrected chi connectivity index (χ2v) is 16.7. The molecule has 0 aliphatic rings. The van der Waals surface area contributed by atoms with Crippen LogP contribution in [0, 0.1) is 30.5 Å². The van der Waals surface area contributed by atoms with Crippen LogP contribution in [0.3, 0.4) is 0 Å². The van der Waals surface area contributed by atoms with Gasteiger partial charge in [0.25, 0.3) is 5.89 Å². The smallest absolute Gasteiger partial charge is 0.270 e. The molecule has 356 valence electrons. The number of hydrogen-bond acceptors (Lipinski definition) is 14. The van der Waals surface area contributed by atoms with E-state index in [4.69, 9.17) is 15.2 Å². The van der Waals surface area contributed by atoms with Crippen LogP contribution in [0.4, 0.5) is 4.39 Å². The maximum absolute atomic E-state index is 13.0. The van der Waals surface area contributed by atoms with E-state index in [2.05, 4.69) is 40.4 Å².